The molecular formula is C27H30Cl2N6O5. The van der Waals surface area contributed by atoms with Gasteiger partial charge < -0.3 is 34.5 Å². The molecule has 11 nitrogen and oxygen atoms in total. The lowest BCUT2D eigenvalue weighted by atomic mass is 10.1. The number of hydrogen-bond donors (Lipinski definition) is 2. The molecule has 40 heavy (non-hydrogen) atoms. The van der Waals surface area contributed by atoms with E-state index in [4.69, 9.17) is 52.1 Å². The van der Waals surface area contributed by atoms with Crippen LogP contribution in [-0.4, -0.2) is 86.7 Å². The maximum absolute atomic E-state index is 11.9. The van der Waals surface area contributed by atoms with Crippen LogP contribution in [0.5, 0.6) is 11.5 Å². The molecule has 0 spiro atoms. The number of anilines is 2. The van der Waals surface area contributed by atoms with Gasteiger partial charge in [-0.25, -0.2) is 15.0 Å². The van der Waals surface area contributed by atoms with Crippen LogP contribution in [0.1, 0.15) is 6.42 Å². The molecule has 0 bridgehead atoms. The molecule has 212 valence electrons. The zero-order valence-corrected chi connectivity index (χ0v) is 23.9. The number of nitrogens with zero attached hydrogens (tertiary/aromatic N) is 4. The molecule has 1 aromatic carbocycles. The number of methoxy groups -OCH3 is 3. The molecule has 3 atom stereocenters. The van der Waals surface area contributed by atoms with Gasteiger partial charge in [0.05, 0.1) is 61.4 Å². The van der Waals surface area contributed by atoms with Gasteiger partial charge in [0, 0.05) is 43.4 Å². The van der Waals surface area contributed by atoms with Crippen molar-refractivity contribution >= 4 is 51.8 Å². The number of carbonyl (C=O) groups excluding carboxylic acids is 1. The van der Waals surface area contributed by atoms with Gasteiger partial charge in [-0.1, -0.05) is 29.8 Å². The summed E-state index contributed by atoms with van der Waals surface area (Å²) in [7, 11) is 4.75. The monoisotopic (exact) mass is 588 g/mol. The Morgan fingerprint density at radius 3 is 2.50 bits per heavy atom. The Hall–Kier alpha value is -3.38. The number of rotatable bonds is 9. The van der Waals surface area contributed by atoms with Gasteiger partial charge in [-0.3, -0.25) is 4.79 Å². The van der Waals surface area contributed by atoms with Crippen molar-refractivity contribution in [1.29, 1.82) is 0 Å². The first-order chi connectivity index (χ1) is 19.4. The molecule has 2 N–H and O–H groups in total. The quantitative estimate of drug-likeness (QED) is 0.358. The predicted molar refractivity (Wildman–Crippen MR) is 154 cm³/mol. The van der Waals surface area contributed by atoms with Crippen molar-refractivity contribution in [3.8, 4) is 22.8 Å². The third-order valence-corrected chi connectivity index (χ3v) is 7.81. The van der Waals surface area contributed by atoms with Crippen LogP contribution in [0.3, 0.4) is 0 Å². The average Bonchev–Trinajstić information content (AvgIpc) is 3.62. The SMILES string of the molecule is C=CC(=O)N[C@H]1COC[C@H]1Nc1ncc2cc(-c3c(Cl)c(OC)cc(OC)c3Cl)nc(N3CCC(OC)C3)c2n1. The summed E-state index contributed by atoms with van der Waals surface area (Å²) in [5.74, 6) is 1.59. The largest absolute Gasteiger partial charge is 0.495 e. The summed E-state index contributed by atoms with van der Waals surface area (Å²) in [5.41, 5.74) is 1.65. The van der Waals surface area contributed by atoms with Crippen LogP contribution in [0.15, 0.2) is 31.0 Å². The van der Waals surface area contributed by atoms with Gasteiger partial charge in [-0.05, 0) is 18.6 Å². The second-order valence-electron chi connectivity index (χ2n) is 9.45. The molecule has 2 fully saturated rings. The molecule has 4 heterocycles. The fourth-order valence-corrected chi connectivity index (χ4v) is 5.60. The third kappa shape index (κ3) is 5.46. The lowest BCUT2D eigenvalue weighted by Crippen LogP contribution is -2.45. The average molecular weight is 589 g/mol. The molecule has 5 rings (SSSR count). The van der Waals surface area contributed by atoms with Gasteiger partial charge in [-0.2, -0.15) is 0 Å². The van der Waals surface area contributed by atoms with Crippen LogP contribution in [0.2, 0.25) is 10.0 Å². The first-order valence-electron chi connectivity index (χ1n) is 12.7. The standard InChI is InChI=1S/C27H30Cl2N6O5/c1-5-21(36)31-17-12-40-13-18(17)33-27-30-10-14-8-16(22-23(28)19(38-3)9-20(39-4)24(22)29)32-26(25(14)34-27)35-7-6-15(11-35)37-2/h5,8-10,15,17-18H,1,6-7,11-13H2,2-4H3,(H,31,36)(H,30,33,34)/t15?,17-,18+/m0/s1. The lowest BCUT2D eigenvalue weighted by molar-refractivity contribution is -0.117. The second-order valence-corrected chi connectivity index (χ2v) is 10.2. The number of benzene rings is 1. The zero-order valence-electron chi connectivity index (χ0n) is 22.4. The minimum absolute atomic E-state index is 0.0638. The van der Waals surface area contributed by atoms with Crippen LogP contribution in [0, 0.1) is 0 Å². The van der Waals surface area contributed by atoms with Crippen LogP contribution >= 0.6 is 23.2 Å². The van der Waals surface area contributed by atoms with E-state index >= 15 is 0 Å². The Bertz CT molecular complexity index is 1410. The van der Waals surface area contributed by atoms with E-state index in [-0.39, 0.29) is 24.1 Å². The molecule has 13 heteroatoms. The van der Waals surface area contributed by atoms with E-state index in [1.165, 1.54) is 20.3 Å². The van der Waals surface area contributed by atoms with Crippen LogP contribution in [0.25, 0.3) is 22.2 Å². The predicted octanol–water partition coefficient (Wildman–Crippen LogP) is 3.72. The van der Waals surface area contributed by atoms with Crippen molar-refractivity contribution in [3.63, 3.8) is 0 Å². The van der Waals surface area contributed by atoms with Gasteiger partial charge in [0.2, 0.25) is 11.9 Å². The highest BCUT2D eigenvalue weighted by molar-refractivity contribution is 6.41. The Morgan fingerprint density at radius 1 is 1.12 bits per heavy atom. The summed E-state index contributed by atoms with van der Waals surface area (Å²) in [4.78, 5) is 28.4. The number of aromatic nitrogens is 3. The molecule has 3 aromatic rings. The van der Waals surface area contributed by atoms with Crippen molar-refractivity contribution in [2.24, 2.45) is 0 Å². The summed E-state index contributed by atoms with van der Waals surface area (Å²) in [6, 6.07) is 3.00. The number of carbonyl (C=O) groups is 1. The van der Waals surface area contributed by atoms with E-state index in [2.05, 4.69) is 27.1 Å². The number of amides is 1. The highest BCUT2D eigenvalue weighted by Crippen LogP contribution is 2.46. The minimum atomic E-state index is -0.269. The van der Waals surface area contributed by atoms with E-state index in [0.29, 0.717) is 69.8 Å². The highest BCUT2D eigenvalue weighted by atomic mass is 35.5. The molecule has 2 aliphatic heterocycles. The van der Waals surface area contributed by atoms with E-state index in [0.717, 1.165) is 18.4 Å². The smallest absolute Gasteiger partial charge is 0.243 e. The van der Waals surface area contributed by atoms with Crippen molar-refractivity contribution in [3.05, 3.63) is 41.0 Å². The number of fused-ring (bicyclic) bond motifs is 1. The van der Waals surface area contributed by atoms with Crippen molar-refractivity contribution < 1.29 is 23.7 Å². The van der Waals surface area contributed by atoms with Crippen molar-refractivity contribution in [2.75, 3.05) is 57.8 Å². The number of nitrogens with one attached hydrogen (secondary N) is 2. The molecule has 2 aliphatic rings. The van der Waals surface area contributed by atoms with Gasteiger partial charge in [0.1, 0.15) is 17.0 Å². The summed E-state index contributed by atoms with van der Waals surface area (Å²) >= 11 is 13.5. The normalized spacial score (nSPS) is 20.5. The zero-order chi connectivity index (χ0) is 28.4. The molecule has 1 amide bonds. The molecule has 1 unspecified atom stereocenters. The van der Waals surface area contributed by atoms with Crippen LogP contribution in [-0.2, 0) is 14.3 Å². The van der Waals surface area contributed by atoms with Crippen molar-refractivity contribution in [1.82, 2.24) is 20.3 Å². The number of halogens is 2. The molecule has 0 aliphatic carbocycles. The number of pyridine rings is 1. The number of hydrogen-bond acceptors (Lipinski definition) is 10. The minimum Gasteiger partial charge on any atom is -0.495 e. The Labute approximate surface area is 241 Å². The van der Waals surface area contributed by atoms with E-state index in [1.54, 1.807) is 19.4 Å². The summed E-state index contributed by atoms with van der Waals surface area (Å²) in [5, 5.41) is 7.55. The second kappa shape index (κ2) is 12.0. The summed E-state index contributed by atoms with van der Waals surface area (Å²) in [6.45, 7) is 5.65. The lowest BCUT2D eigenvalue weighted by Gasteiger charge is -2.22. The maximum atomic E-state index is 11.9. The van der Waals surface area contributed by atoms with Crippen molar-refractivity contribution in [2.45, 2.75) is 24.6 Å². The number of ether oxygens (including phenoxy) is 4. The third-order valence-electron chi connectivity index (χ3n) is 7.06. The van der Waals surface area contributed by atoms with Gasteiger partial charge in [0.25, 0.3) is 0 Å². The van der Waals surface area contributed by atoms with E-state index in [9.17, 15) is 4.79 Å². The molecule has 2 saturated heterocycles. The Morgan fingerprint density at radius 2 is 1.85 bits per heavy atom. The first-order valence-corrected chi connectivity index (χ1v) is 13.5. The summed E-state index contributed by atoms with van der Waals surface area (Å²) in [6.07, 6.45) is 3.86. The van der Waals surface area contributed by atoms with Crippen LogP contribution in [0.4, 0.5) is 11.8 Å². The first kappa shape index (κ1) is 28.2. The molecule has 0 saturated carbocycles. The fourth-order valence-electron chi connectivity index (χ4n) is 4.91. The van der Waals surface area contributed by atoms with Crippen LogP contribution < -0.4 is 25.0 Å². The van der Waals surface area contributed by atoms with E-state index < -0.39 is 0 Å². The molecule has 0 radical (unpaired) electrons. The molecule has 2 aromatic heterocycles. The van der Waals surface area contributed by atoms with Gasteiger partial charge in [0.15, 0.2) is 5.82 Å². The highest BCUT2D eigenvalue weighted by Gasteiger charge is 2.31. The molecular weight excluding hydrogens is 559 g/mol. The van der Waals surface area contributed by atoms with E-state index in [1.807, 2.05) is 6.07 Å². The Balaban J connectivity index is 1.59. The topological polar surface area (TPSA) is 120 Å². The summed E-state index contributed by atoms with van der Waals surface area (Å²) < 4.78 is 22.1. The van der Waals surface area contributed by atoms with Gasteiger partial charge >= 0.3 is 0 Å². The van der Waals surface area contributed by atoms with Gasteiger partial charge in [-0.15, -0.1) is 0 Å². The fraction of sp³-hybridized carbons (Fsp3) is 0.407. The Kier molecular flexibility index (Phi) is 8.46. The maximum Gasteiger partial charge on any atom is 0.243 e.